The van der Waals surface area contributed by atoms with E-state index in [0.29, 0.717) is 6.10 Å². The molecule has 2 heterocycles. The topological polar surface area (TPSA) is 28.6 Å². The first-order valence-electron chi connectivity index (χ1n) is 8.90. The van der Waals surface area contributed by atoms with E-state index in [0.717, 1.165) is 44.9 Å². The highest BCUT2D eigenvalue weighted by atomic mass is 28.3. The van der Waals surface area contributed by atoms with Gasteiger partial charge in [-0.15, -0.1) is 5.54 Å². The van der Waals surface area contributed by atoms with Crippen LogP contribution in [-0.2, 0) is 4.74 Å². The van der Waals surface area contributed by atoms with E-state index in [9.17, 15) is 0 Å². The molecule has 0 amide bonds. The van der Waals surface area contributed by atoms with E-state index < -0.39 is 8.07 Å². The Morgan fingerprint density at radius 2 is 1.88 bits per heavy atom. The van der Waals surface area contributed by atoms with Crippen LogP contribution in [0.2, 0.25) is 19.6 Å². The average Bonchev–Trinajstić information content (AvgIpc) is 2.53. The van der Waals surface area contributed by atoms with Gasteiger partial charge < -0.3 is 9.64 Å². The van der Waals surface area contributed by atoms with E-state index in [2.05, 4.69) is 65.8 Å². The van der Waals surface area contributed by atoms with Gasteiger partial charge in [-0.05, 0) is 19.9 Å². The molecule has 0 radical (unpaired) electrons. The van der Waals surface area contributed by atoms with Gasteiger partial charge in [-0.25, -0.2) is 0 Å². The summed E-state index contributed by atoms with van der Waals surface area (Å²) >= 11 is 0. The van der Waals surface area contributed by atoms with Gasteiger partial charge in [0.25, 0.3) is 0 Å². The van der Waals surface area contributed by atoms with Crippen LogP contribution in [-0.4, -0.2) is 63.4 Å². The molecule has 0 spiro atoms. The maximum Gasteiger partial charge on any atom is 0.129 e. The Morgan fingerprint density at radius 1 is 1.17 bits per heavy atom. The molecule has 0 unspecified atom stereocenters. The fraction of sp³-hybridized carbons (Fsp3) is 0.632. The molecular weight excluding hydrogens is 314 g/mol. The molecule has 24 heavy (non-hydrogen) atoms. The number of anilines is 1. The molecule has 0 aliphatic carbocycles. The van der Waals surface area contributed by atoms with Crippen LogP contribution in [0.5, 0.6) is 0 Å². The minimum absolute atomic E-state index is 0.317. The Kier molecular flexibility index (Phi) is 6.85. The summed E-state index contributed by atoms with van der Waals surface area (Å²) in [4.78, 5) is 9.27. The van der Waals surface area contributed by atoms with Crippen LogP contribution in [0.25, 0.3) is 0 Å². The molecule has 1 saturated heterocycles. The Balaban J connectivity index is 1.88. The predicted octanol–water partition coefficient (Wildman–Crippen LogP) is 2.86. The lowest BCUT2D eigenvalue weighted by Crippen LogP contribution is -2.47. The van der Waals surface area contributed by atoms with Crippen LogP contribution in [0.15, 0.2) is 18.5 Å². The first-order valence-corrected chi connectivity index (χ1v) is 12.4. The second-order valence-corrected chi connectivity index (χ2v) is 12.4. The standard InChI is InChI=1S/C19H31N3OSi/c1-17(2)23-12-11-21-7-9-22(10-8-21)19-14-18(15-20-16-19)6-13-24(3,4)5/h14-17H,7-12H2,1-5H3. The molecule has 1 aromatic rings. The van der Waals surface area contributed by atoms with Gasteiger partial charge in [0.15, 0.2) is 0 Å². The molecule has 0 atom stereocenters. The molecule has 1 fully saturated rings. The Morgan fingerprint density at radius 3 is 2.50 bits per heavy atom. The van der Waals surface area contributed by atoms with Crippen LogP contribution >= 0.6 is 0 Å². The molecule has 5 heteroatoms. The van der Waals surface area contributed by atoms with Crippen LogP contribution in [0, 0.1) is 11.5 Å². The summed E-state index contributed by atoms with van der Waals surface area (Å²) in [5, 5.41) is 0. The lowest BCUT2D eigenvalue weighted by Gasteiger charge is -2.36. The smallest absolute Gasteiger partial charge is 0.129 e. The zero-order valence-corrected chi connectivity index (χ0v) is 16.8. The first kappa shape index (κ1) is 19.0. The quantitative estimate of drug-likeness (QED) is 0.606. The second-order valence-electron chi connectivity index (χ2n) is 7.68. The number of rotatable bonds is 5. The number of hydrogen-bond donors (Lipinski definition) is 0. The maximum absolute atomic E-state index is 5.65. The highest BCUT2D eigenvalue weighted by molar-refractivity contribution is 6.83. The molecule has 0 saturated carbocycles. The Labute approximate surface area is 148 Å². The lowest BCUT2D eigenvalue weighted by atomic mass is 10.2. The fourth-order valence-electron chi connectivity index (χ4n) is 2.58. The normalized spacial score (nSPS) is 16.2. The molecule has 1 aliphatic heterocycles. The zero-order chi connectivity index (χ0) is 17.6. The largest absolute Gasteiger partial charge is 0.377 e. The van der Waals surface area contributed by atoms with Crippen LogP contribution in [0.1, 0.15) is 19.4 Å². The van der Waals surface area contributed by atoms with E-state index in [1.54, 1.807) is 0 Å². The van der Waals surface area contributed by atoms with Gasteiger partial charge in [0, 0.05) is 44.5 Å². The fourth-order valence-corrected chi connectivity index (χ4v) is 3.10. The summed E-state index contributed by atoms with van der Waals surface area (Å²) in [5.41, 5.74) is 5.64. The molecular formula is C19H31N3OSi. The highest BCUT2D eigenvalue weighted by Gasteiger charge is 2.17. The molecule has 0 aromatic carbocycles. The minimum atomic E-state index is -1.35. The highest BCUT2D eigenvalue weighted by Crippen LogP contribution is 2.16. The third-order valence-electron chi connectivity index (χ3n) is 3.90. The van der Waals surface area contributed by atoms with Crippen molar-refractivity contribution in [3.8, 4) is 11.5 Å². The number of piperazine rings is 1. The number of nitrogens with zero attached hydrogens (tertiary/aromatic N) is 3. The average molecular weight is 346 g/mol. The van der Waals surface area contributed by atoms with Crippen molar-refractivity contribution in [2.45, 2.75) is 39.6 Å². The van der Waals surface area contributed by atoms with Crippen molar-refractivity contribution in [1.29, 1.82) is 0 Å². The summed E-state index contributed by atoms with van der Waals surface area (Å²) < 4.78 is 5.65. The predicted molar refractivity (Wildman–Crippen MR) is 104 cm³/mol. The van der Waals surface area contributed by atoms with E-state index >= 15 is 0 Å². The van der Waals surface area contributed by atoms with Gasteiger partial charge in [-0.2, -0.15) is 0 Å². The van der Waals surface area contributed by atoms with E-state index in [4.69, 9.17) is 4.74 Å². The molecule has 132 valence electrons. The van der Waals surface area contributed by atoms with Gasteiger partial charge in [-0.1, -0.05) is 25.6 Å². The molecule has 4 nitrogen and oxygen atoms in total. The van der Waals surface area contributed by atoms with E-state index in [-0.39, 0.29) is 0 Å². The second kappa shape index (κ2) is 8.66. The Bertz CT molecular complexity index is 578. The van der Waals surface area contributed by atoms with Crippen molar-refractivity contribution < 1.29 is 4.74 Å². The summed E-state index contributed by atoms with van der Waals surface area (Å²) in [6, 6.07) is 2.18. The van der Waals surface area contributed by atoms with Gasteiger partial charge in [0.2, 0.25) is 0 Å². The molecule has 2 rings (SSSR count). The molecule has 0 bridgehead atoms. The van der Waals surface area contributed by atoms with Crippen molar-refractivity contribution in [3.05, 3.63) is 24.0 Å². The van der Waals surface area contributed by atoms with Gasteiger partial charge in [-0.3, -0.25) is 9.88 Å². The van der Waals surface area contributed by atoms with Crippen molar-refractivity contribution in [3.63, 3.8) is 0 Å². The number of hydrogen-bond acceptors (Lipinski definition) is 4. The number of pyridine rings is 1. The third-order valence-corrected chi connectivity index (χ3v) is 4.78. The number of ether oxygens (including phenoxy) is 1. The zero-order valence-electron chi connectivity index (χ0n) is 15.8. The van der Waals surface area contributed by atoms with E-state index in [1.807, 2.05) is 12.4 Å². The SMILES string of the molecule is CC(C)OCCN1CCN(c2cncc(C#C[Si](C)(C)C)c2)CC1. The summed E-state index contributed by atoms with van der Waals surface area (Å²) in [6.07, 6.45) is 4.14. The lowest BCUT2D eigenvalue weighted by molar-refractivity contribution is 0.0579. The summed E-state index contributed by atoms with van der Waals surface area (Å²) in [6.45, 7) is 17.0. The summed E-state index contributed by atoms with van der Waals surface area (Å²) in [7, 11) is -1.35. The minimum Gasteiger partial charge on any atom is -0.377 e. The monoisotopic (exact) mass is 345 g/mol. The Hall–Kier alpha value is -1.35. The van der Waals surface area contributed by atoms with Crippen molar-refractivity contribution in [1.82, 2.24) is 9.88 Å². The van der Waals surface area contributed by atoms with Crippen molar-refractivity contribution in [2.24, 2.45) is 0 Å². The number of aromatic nitrogens is 1. The van der Waals surface area contributed by atoms with Crippen LogP contribution in [0.3, 0.4) is 0 Å². The van der Waals surface area contributed by atoms with Crippen molar-refractivity contribution in [2.75, 3.05) is 44.2 Å². The van der Waals surface area contributed by atoms with Crippen LogP contribution in [0.4, 0.5) is 5.69 Å². The molecule has 1 aliphatic rings. The first-order chi connectivity index (χ1) is 11.3. The van der Waals surface area contributed by atoms with Gasteiger partial charge in [0.05, 0.1) is 24.6 Å². The maximum atomic E-state index is 5.65. The van der Waals surface area contributed by atoms with Crippen LogP contribution < -0.4 is 4.90 Å². The van der Waals surface area contributed by atoms with Crippen molar-refractivity contribution >= 4 is 13.8 Å². The van der Waals surface area contributed by atoms with Gasteiger partial charge >= 0.3 is 0 Å². The molecule has 1 aromatic heterocycles. The van der Waals surface area contributed by atoms with Gasteiger partial charge in [0.1, 0.15) is 8.07 Å². The molecule has 0 N–H and O–H groups in total. The third kappa shape index (κ3) is 6.64. The van der Waals surface area contributed by atoms with E-state index in [1.165, 1.54) is 5.69 Å². The summed E-state index contributed by atoms with van der Waals surface area (Å²) in [5.74, 6) is 3.31.